The highest BCUT2D eigenvalue weighted by Gasteiger charge is 2.11. The molecule has 0 aromatic carbocycles. The molecular formula is C8H15N. The minimum atomic E-state index is 0.951. The fourth-order valence-corrected chi connectivity index (χ4v) is 1.37. The van der Waals surface area contributed by atoms with E-state index >= 15 is 0 Å². The summed E-state index contributed by atoms with van der Waals surface area (Å²) in [5, 5.41) is 4.30. The van der Waals surface area contributed by atoms with Crippen LogP contribution in [0.1, 0.15) is 26.2 Å². The van der Waals surface area contributed by atoms with E-state index in [0.29, 0.717) is 0 Å². The molecule has 0 atom stereocenters. The Hall–Kier alpha value is -0.0400. The van der Waals surface area contributed by atoms with Crippen molar-refractivity contribution in [3.05, 3.63) is 6.42 Å². The Kier molecular flexibility index (Phi) is 3.05. The highest BCUT2D eigenvalue weighted by atomic mass is 14.9. The summed E-state index contributed by atoms with van der Waals surface area (Å²) >= 11 is 0. The van der Waals surface area contributed by atoms with Gasteiger partial charge in [0.15, 0.2) is 0 Å². The van der Waals surface area contributed by atoms with Gasteiger partial charge >= 0.3 is 0 Å². The lowest BCUT2D eigenvalue weighted by molar-refractivity contribution is 0.366. The number of rotatable bonds is 2. The lowest BCUT2D eigenvalue weighted by Gasteiger charge is -2.20. The number of hydrogen-bond donors (Lipinski definition) is 0. The summed E-state index contributed by atoms with van der Waals surface area (Å²) in [6.07, 6.45) is 6.22. The summed E-state index contributed by atoms with van der Waals surface area (Å²) in [4.78, 5) is 0. The van der Waals surface area contributed by atoms with Gasteiger partial charge in [-0.1, -0.05) is 6.92 Å². The van der Waals surface area contributed by atoms with Gasteiger partial charge in [-0.05, 0) is 31.6 Å². The van der Waals surface area contributed by atoms with Crippen LogP contribution in [0.5, 0.6) is 0 Å². The predicted octanol–water partition coefficient (Wildman–Crippen LogP) is 1.62. The molecule has 0 spiro atoms. The minimum absolute atomic E-state index is 0.951. The van der Waals surface area contributed by atoms with Crippen molar-refractivity contribution in [3.63, 3.8) is 0 Å². The van der Waals surface area contributed by atoms with Crippen LogP contribution in [0.15, 0.2) is 0 Å². The van der Waals surface area contributed by atoms with Crippen molar-refractivity contribution in [1.82, 2.24) is 5.32 Å². The molecule has 1 nitrogen and oxygen atoms in total. The smallest absolute Gasteiger partial charge is 0.0136 e. The molecule has 1 aliphatic rings. The van der Waals surface area contributed by atoms with Crippen LogP contribution >= 0.6 is 0 Å². The van der Waals surface area contributed by atoms with Gasteiger partial charge in [-0.3, -0.25) is 0 Å². The molecular weight excluding hydrogens is 110 g/mol. The third-order valence-electron chi connectivity index (χ3n) is 1.96. The minimum Gasteiger partial charge on any atom is -0.242 e. The average Bonchev–Trinajstić information content (AvgIpc) is 1.91. The van der Waals surface area contributed by atoms with E-state index < -0.39 is 0 Å². The van der Waals surface area contributed by atoms with E-state index in [0.717, 1.165) is 19.0 Å². The van der Waals surface area contributed by atoms with Gasteiger partial charge < -0.3 is 0 Å². The Morgan fingerprint density at radius 2 is 2.11 bits per heavy atom. The lowest BCUT2D eigenvalue weighted by atomic mass is 9.94. The standard InChI is InChI=1S/C8H15N/c1-2-3-8-4-6-9-7-5-8/h2,8H,3-7H2,1H3. The summed E-state index contributed by atoms with van der Waals surface area (Å²) in [5.41, 5.74) is 0. The molecule has 1 heteroatoms. The third-order valence-corrected chi connectivity index (χ3v) is 1.96. The summed E-state index contributed by atoms with van der Waals surface area (Å²) in [6.45, 7) is 4.36. The SMILES string of the molecule is C[CH]CC1CC[N]CC1. The molecule has 1 saturated heterocycles. The van der Waals surface area contributed by atoms with E-state index in [1.54, 1.807) is 0 Å². The molecule has 0 unspecified atom stereocenters. The number of hydrogen-bond acceptors (Lipinski definition) is 0. The van der Waals surface area contributed by atoms with E-state index in [2.05, 4.69) is 18.7 Å². The molecule has 2 radical (unpaired) electrons. The zero-order chi connectivity index (χ0) is 6.53. The average molecular weight is 125 g/mol. The first-order valence-corrected chi connectivity index (χ1v) is 3.84. The van der Waals surface area contributed by atoms with Gasteiger partial charge in [0.05, 0.1) is 0 Å². The molecule has 0 N–H and O–H groups in total. The molecule has 0 amide bonds. The first-order valence-electron chi connectivity index (χ1n) is 3.84. The first kappa shape index (κ1) is 7.07. The van der Waals surface area contributed by atoms with Crippen LogP contribution in [0.25, 0.3) is 0 Å². The maximum atomic E-state index is 4.30. The quantitative estimate of drug-likeness (QED) is 0.532. The van der Waals surface area contributed by atoms with Crippen molar-refractivity contribution in [3.8, 4) is 0 Å². The fourth-order valence-electron chi connectivity index (χ4n) is 1.37. The van der Waals surface area contributed by atoms with Gasteiger partial charge in [0.25, 0.3) is 0 Å². The first-order chi connectivity index (χ1) is 4.43. The van der Waals surface area contributed by atoms with Crippen LogP contribution in [-0.4, -0.2) is 13.1 Å². The van der Waals surface area contributed by atoms with Gasteiger partial charge in [0.2, 0.25) is 0 Å². The van der Waals surface area contributed by atoms with Gasteiger partial charge in [-0.2, -0.15) is 0 Å². The molecule has 0 aliphatic carbocycles. The lowest BCUT2D eigenvalue weighted by Crippen LogP contribution is -2.22. The number of nitrogens with zero attached hydrogens (tertiary/aromatic N) is 1. The van der Waals surface area contributed by atoms with E-state index in [1.807, 2.05) is 0 Å². The summed E-state index contributed by atoms with van der Waals surface area (Å²) in [5.74, 6) is 0.951. The Labute approximate surface area is 57.8 Å². The largest absolute Gasteiger partial charge is 0.242 e. The summed E-state index contributed by atoms with van der Waals surface area (Å²) < 4.78 is 0. The zero-order valence-electron chi connectivity index (χ0n) is 6.14. The van der Waals surface area contributed by atoms with Crippen molar-refractivity contribution < 1.29 is 0 Å². The molecule has 9 heavy (non-hydrogen) atoms. The molecule has 0 aromatic heterocycles. The van der Waals surface area contributed by atoms with Crippen LogP contribution in [0.2, 0.25) is 0 Å². The Morgan fingerprint density at radius 1 is 1.44 bits per heavy atom. The molecule has 1 rings (SSSR count). The van der Waals surface area contributed by atoms with E-state index in [-0.39, 0.29) is 0 Å². The van der Waals surface area contributed by atoms with Gasteiger partial charge in [0.1, 0.15) is 0 Å². The van der Waals surface area contributed by atoms with Crippen LogP contribution in [0.3, 0.4) is 0 Å². The Morgan fingerprint density at radius 3 is 2.67 bits per heavy atom. The van der Waals surface area contributed by atoms with Crippen molar-refractivity contribution in [2.24, 2.45) is 5.92 Å². The van der Waals surface area contributed by atoms with Crippen molar-refractivity contribution >= 4 is 0 Å². The maximum absolute atomic E-state index is 4.30. The van der Waals surface area contributed by atoms with E-state index in [9.17, 15) is 0 Å². The van der Waals surface area contributed by atoms with Crippen molar-refractivity contribution in [2.45, 2.75) is 26.2 Å². The van der Waals surface area contributed by atoms with Crippen LogP contribution < -0.4 is 5.32 Å². The van der Waals surface area contributed by atoms with E-state index in [1.165, 1.54) is 19.3 Å². The van der Waals surface area contributed by atoms with Crippen molar-refractivity contribution in [1.29, 1.82) is 0 Å². The molecule has 0 saturated carbocycles. The second-order valence-corrected chi connectivity index (χ2v) is 2.76. The van der Waals surface area contributed by atoms with Crippen molar-refractivity contribution in [2.75, 3.05) is 13.1 Å². The molecule has 0 bridgehead atoms. The molecule has 1 aliphatic heterocycles. The maximum Gasteiger partial charge on any atom is 0.0136 e. The summed E-state index contributed by atoms with van der Waals surface area (Å²) in [6, 6.07) is 0. The second-order valence-electron chi connectivity index (χ2n) is 2.76. The normalized spacial score (nSPS) is 22.3. The predicted molar refractivity (Wildman–Crippen MR) is 39.2 cm³/mol. The molecule has 52 valence electrons. The highest BCUT2D eigenvalue weighted by Crippen LogP contribution is 2.16. The van der Waals surface area contributed by atoms with Gasteiger partial charge in [0, 0.05) is 13.1 Å². The molecule has 0 aromatic rings. The second kappa shape index (κ2) is 3.89. The Bertz CT molecular complexity index is 62.2. The fraction of sp³-hybridized carbons (Fsp3) is 0.875. The Balaban J connectivity index is 2.08. The molecule has 1 fully saturated rings. The number of piperidine rings is 1. The highest BCUT2D eigenvalue weighted by molar-refractivity contribution is 4.72. The van der Waals surface area contributed by atoms with E-state index in [4.69, 9.17) is 0 Å². The van der Waals surface area contributed by atoms with Crippen LogP contribution in [0, 0.1) is 12.3 Å². The van der Waals surface area contributed by atoms with Gasteiger partial charge in [-0.15, -0.1) is 0 Å². The monoisotopic (exact) mass is 125 g/mol. The zero-order valence-corrected chi connectivity index (χ0v) is 6.14. The van der Waals surface area contributed by atoms with Crippen LogP contribution in [0.4, 0.5) is 0 Å². The van der Waals surface area contributed by atoms with Crippen LogP contribution in [-0.2, 0) is 0 Å². The summed E-state index contributed by atoms with van der Waals surface area (Å²) in [7, 11) is 0. The van der Waals surface area contributed by atoms with Gasteiger partial charge in [-0.25, -0.2) is 5.32 Å². The topological polar surface area (TPSA) is 14.1 Å². The molecule has 1 heterocycles. The third kappa shape index (κ3) is 2.35.